The van der Waals surface area contributed by atoms with Crippen molar-refractivity contribution in [3.05, 3.63) is 46.8 Å². The molecule has 1 atom stereocenters. The fourth-order valence-corrected chi connectivity index (χ4v) is 2.11. The van der Waals surface area contributed by atoms with Crippen LogP contribution in [0.1, 0.15) is 35.3 Å². The third kappa shape index (κ3) is 2.36. The molecular weight excluding hydrogens is 212 g/mol. The molecule has 0 saturated carbocycles. The van der Waals surface area contributed by atoms with Crippen LogP contribution in [-0.4, -0.2) is 15.0 Å². The number of benzene rings is 1. The molecule has 0 radical (unpaired) electrons. The van der Waals surface area contributed by atoms with Gasteiger partial charge in [0.2, 0.25) is 0 Å². The fraction of sp³-hybridized carbons (Fsp3) is 0.385. The first-order chi connectivity index (χ1) is 8.11. The van der Waals surface area contributed by atoms with Crippen molar-refractivity contribution in [3.8, 4) is 0 Å². The quantitative estimate of drug-likeness (QED) is 0.877. The smallest absolute Gasteiger partial charge is 0.0799 e. The molecule has 0 saturated heterocycles. The highest BCUT2D eigenvalue weighted by molar-refractivity contribution is 5.33. The molecule has 4 nitrogen and oxygen atoms in total. The third-order valence-corrected chi connectivity index (χ3v) is 2.87. The average Bonchev–Trinajstić information content (AvgIpc) is 2.74. The van der Waals surface area contributed by atoms with Gasteiger partial charge in [0, 0.05) is 6.54 Å². The summed E-state index contributed by atoms with van der Waals surface area (Å²) in [7, 11) is 0. The third-order valence-electron chi connectivity index (χ3n) is 2.87. The molecule has 1 aromatic carbocycles. The molecule has 0 aliphatic carbocycles. The maximum absolute atomic E-state index is 6.27. The second-order valence-corrected chi connectivity index (χ2v) is 4.37. The van der Waals surface area contributed by atoms with E-state index in [1.165, 1.54) is 11.1 Å². The van der Waals surface area contributed by atoms with E-state index >= 15 is 0 Å². The van der Waals surface area contributed by atoms with Gasteiger partial charge in [-0.05, 0) is 26.3 Å². The van der Waals surface area contributed by atoms with Crippen molar-refractivity contribution in [2.45, 2.75) is 33.4 Å². The van der Waals surface area contributed by atoms with Crippen molar-refractivity contribution in [3.63, 3.8) is 0 Å². The highest BCUT2D eigenvalue weighted by atomic mass is 15.4. The molecule has 0 aliphatic rings. The van der Waals surface area contributed by atoms with Gasteiger partial charge in [0.05, 0.1) is 17.9 Å². The normalized spacial score (nSPS) is 12.7. The zero-order chi connectivity index (χ0) is 12.4. The van der Waals surface area contributed by atoms with Gasteiger partial charge in [-0.25, -0.2) is 4.68 Å². The van der Waals surface area contributed by atoms with Crippen molar-refractivity contribution >= 4 is 0 Å². The number of hydrogen-bond acceptors (Lipinski definition) is 3. The summed E-state index contributed by atoms with van der Waals surface area (Å²) in [5.41, 5.74) is 10.8. The number of hydrogen-bond donors (Lipinski definition) is 1. The van der Waals surface area contributed by atoms with Crippen molar-refractivity contribution in [1.82, 2.24) is 15.0 Å². The highest BCUT2D eigenvalue weighted by Crippen LogP contribution is 2.21. The standard InChI is InChI=1S/C13H18N4/c1-4-17-12(8-15-16-17)13(14)11-6-9(2)5-10(3)7-11/h5-8,13H,4,14H2,1-3H3. The molecular formula is C13H18N4. The second-order valence-electron chi connectivity index (χ2n) is 4.37. The number of rotatable bonds is 3. The van der Waals surface area contributed by atoms with Crippen LogP contribution in [0.3, 0.4) is 0 Å². The Kier molecular flexibility index (Phi) is 3.24. The SMILES string of the molecule is CCn1nncc1C(N)c1cc(C)cc(C)c1. The molecule has 2 rings (SSSR count). The zero-order valence-corrected chi connectivity index (χ0v) is 10.5. The van der Waals surface area contributed by atoms with Gasteiger partial charge in [-0.1, -0.05) is 34.5 Å². The molecule has 1 unspecified atom stereocenters. The van der Waals surface area contributed by atoms with Gasteiger partial charge in [0.1, 0.15) is 0 Å². The molecule has 0 amide bonds. The minimum atomic E-state index is -0.163. The van der Waals surface area contributed by atoms with Gasteiger partial charge < -0.3 is 5.73 Å². The molecule has 90 valence electrons. The van der Waals surface area contributed by atoms with Crippen LogP contribution in [0.4, 0.5) is 0 Å². The zero-order valence-electron chi connectivity index (χ0n) is 10.5. The van der Waals surface area contributed by atoms with Gasteiger partial charge in [-0.15, -0.1) is 5.10 Å². The summed E-state index contributed by atoms with van der Waals surface area (Å²) in [4.78, 5) is 0. The maximum atomic E-state index is 6.27. The predicted molar refractivity (Wildman–Crippen MR) is 67.6 cm³/mol. The minimum absolute atomic E-state index is 0.163. The highest BCUT2D eigenvalue weighted by Gasteiger charge is 2.14. The Hall–Kier alpha value is -1.68. The Morgan fingerprint density at radius 1 is 1.24 bits per heavy atom. The lowest BCUT2D eigenvalue weighted by Crippen LogP contribution is -2.17. The summed E-state index contributed by atoms with van der Waals surface area (Å²) < 4.78 is 1.84. The lowest BCUT2D eigenvalue weighted by molar-refractivity contribution is 0.581. The summed E-state index contributed by atoms with van der Waals surface area (Å²) in [6.45, 7) is 6.98. The summed E-state index contributed by atoms with van der Waals surface area (Å²) in [5, 5.41) is 7.93. The summed E-state index contributed by atoms with van der Waals surface area (Å²) >= 11 is 0. The average molecular weight is 230 g/mol. The Morgan fingerprint density at radius 2 is 1.88 bits per heavy atom. The molecule has 0 spiro atoms. The first-order valence-corrected chi connectivity index (χ1v) is 5.84. The van der Waals surface area contributed by atoms with Crippen molar-refractivity contribution in [1.29, 1.82) is 0 Å². The molecule has 1 aromatic heterocycles. The monoisotopic (exact) mass is 230 g/mol. The number of aromatic nitrogens is 3. The Bertz CT molecular complexity index is 496. The van der Waals surface area contributed by atoms with Gasteiger partial charge >= 0.3 is 0 Å². The second kappa shape index (κ2) is 4.67. The van der Waals surface area contributed by atoms with Crippen LogP contribution in [0.15, 0.2) is 24.4 Å². The molecule has 4 heteroatoms. The van der Waals surface area contributed by atoms with Gasteiger partial charge in [0.15, 0.2) is 0 Å². The lowest BCUT2D eigenvalue weighted by Gasteiger charge is -2.14. The predicted octanol–water partition coefficient (Wildman–Crippen LogP) is 1.96. The van der Waals surface area contributed by atoms with E-state index in [1.54, 1.807) is 6.20 Å². The van der Waals surface area contributed by atoms with Crippen LogP contribution in [-0.2, 0) is 6.54 Å². The Labute approximate surface area is 101 Å². The summed E-state index contributed by atoms with van der Waals surface area (Å²) in [5.74, 6) is 0. The van der Waals surface area contributed by atoms with Gasteiger partial charge in [0.25, 0.3) is 0 Å². The Morgan fingerprint density at radius 3 is 2.47 bits per heavy atom. The Balaban J connectivity index is 2.39. The lowest BCUT2D eigenvalue weighted by atomic mass is 10.00. The van der Waals surface area contributed by atoms with E-state index in [1.807, 2.05) is 11.6 Å². The van der Waals surface area contributed by atoms with E-state index < -0.39 is 0 Å². The van der Waals surface area contributed by atoms with Crippen LogP contribution in [0, 0.1) is 13.8 Å². The molecule has 2 N–H and O–H groups in total. The number of aryl methyl sites for hydroxylation is 3. The summed E-state index contributed by atoms with van der Waals surface area (Å²) in [6, 6.07) is 6.21. The van der Waals surface area contributed by atoms with Crippen molar-refractivity contribution in [2.24, 2.45) is 5.73 Å². The van der Waals surface area contributed by atoms with Crippen LogP contribution in [0.25, 0.3) is 0 Å². The van der Waals surface area contributed by atoms with Gasteiger partial charge in [-0.3, -0.25) is 0 Å². The molecule has 1 heterocycles. The van der Waals surface area contributed by atoms with E-state index in [9.17, 15) is 0 Å². The van der Waals surface area contributed by atoms with Crippen LogP contribution < -0.4 is 5.73 Å². The topological polar surface area (TPSA) is 56.7 Å². The molecule has 2 aromatic rings. The van der Waals surface area contributed by atoms with E-state index in [0.717, 1.165) is 17.8 Å². The largest absolute Gasteiger partial charge is 0.319 e. The van der Waals surface area contributed by atoms with Crippen LogP contribution in [0.2, 0.25) is 0 Å². The molecule has 0 aliphatic heterocycles. The summed E-state index contributed by atoms with van der Waals surface area (Å²) in [6.07, 6.45) is 1.74. The molecule has 0 fully saturated rings. The number of nitrogens with zero attached hydrogens (tertiary/aromatic N) is 3. The van der Waals surface area contributed by atoms with Gasteiger partial charge in [-0.2, -0.15) is 0 Å². The minimum Gasteiger partial charge on any atom is -0.319 e. The number of nitrogens with two attached hydrogens (primary N) is 1. The molecule has 0 bridgehead atoms. The van der Waals surface area contributed by atoms with Crippen molar-refractivity contribution in [2.75, 3.05) is 0 Å². The van der Waals surface area contributed by atoms with E-state index in [-0.39, 0.29) is 6.04 Å². The maximum Gasteiger partial charge on any atom is 0.0799 e. The van der Waals surface area contributed by atoms with Crippen molar-refractivity contribution < 1.29 is 0 Å². The fourth-order valence-electron chi connectivity index (χ4n) is 2.11. The van der Waals surface area contributed by atoms with Crippen LogP contribution in [0.5, 0.6) is 0 Å². The van der Waals surface area contributed by atoms with E-state index in [2.05, 4.69) is 42.4 Å². The van der Waals surface area contributed by atoms with E-state index in [4.69, 9.17) is 5.73 Å². The first-order valence-electron chi connectivity index (χ1n) is 5.84. The first kappa shape index (κ1) is 11.8. The molecule has 17 heavy (non-hydrogen) atoms. The van der Waals surface area contributed by atoms with Crippen LogP contribution >= 0.6 is 0 Å². The van der Waals surface area contributed by atoms with E-state index in [0.29, 0.717) is 0 Å².